The third-order valence-corrected chi connectivity index (χ3v) is 2.19. The fourth-order valence-electron chi connectivity index (χ4n) is 0.710. The van der Waals surface area contributed by atoms with E-state index in [4.69, 9.17) is 19.9 Å². The molecule has 0 atom stereocenters. The van der Waals surface area contributed by atoms with Crippen molar-refractivity contribution in [2.24, 2.45) is 5.34 Å². The van der Waals surface area contributed by atoms with Crippen LogP contribution in [-0.2, 0) is 10.1 Å². The Labute approximate surface area is 131 Å². The topological polar surface area (TPSA) is 166 Å². The first-order valence-electron chi connectivity index (χ1n) is 5.49. The van der Waals surface area contributed by atoms with Crippen LogP contribution in [0.2, 0.25) is 0 Å². The van der Waals surface area contributed by atoms with Crippen LogP contribution < -0.4 is 6.15 Å². The van der Waals surface area contributed by atoms with Gasteiger partial charge in [0.1, 0.15) is 0 Å². The lowest BCUT2D eigenvalue weighted by Gasteiger charge is -1.95. The molecule has 0 aliphatic rings. The predicted octanol–water partition coefficient (Wildman–Crippen LogP) is 2.25. The van der Waals surface area contributed by atoms with E-state index in [1.165, 1.54) is 24.4 Å². The summed E-state index contributed by atoms with van der Waals surface area (Å²) in [7, 11) is 1.98. The molecule has 0 fully saturated rings. The Morgan fingerprint density at radius 2 is 1.41 bits per heavy atom. The molecule has 10 heteroatoms. The maximum Gasteiger partial charge on any atom is 0.294 e. The zero-order valence-electron chi connectivity index (χ0n) is 13.4. The van der Waals surface area contributed by atoms with E-state index in [9.17, 15) is 8.42 Å². The highest BCUT2D eigenvalue weighted by Crippen LogP contribution is 2.08. The van der Waals surface area contributed by atoms with Crippen molar-refractivity contribution in [2.75, 3.05) is 21.1 Å². The number of benzene rings is 1. The van der Waals surface area contributed by atoms with Gasteiger partial charge >= 0.3 is 0 Å². The summed E-state index contributed by atoms with van der Waals surface area (Å²) in [5, 5.41) is 15.2. The molecule has 1 rings (SSSR count). The molecular formula is C12H24N4O5S. The van der Waals surface area contributed by atoms with Crippen LogP contribution >= 0.6 is 0 Å². The van der Waals surface area contributed by atoms with Gasteiger partial charge in [-0.2, -0.15) is 13.7 Å². The molecule has 0 aliphatic carbocycles. The molecule has 0 radical (unpaired) electrons. The fourth-order valence-corrected chi connectivity index (χ4v) is 1.19. The standard InChI is InChI=1S/C7H8O3S.C3H9N.C2H3N.HNO2.H3N/c1-6-2-4-7(5-3-6)11(8,9)10;1-4(2)3;1-2-3;2-1-3;/h2-5H,1H3,(H,8,9,10);1-3H3;1H3;(H,2,3);1H3. The van der Waals surface area contributed by atoms with Crippen LogP contribution in [0, 0.1) is 23.2 Å². The van der Waals surface area contributed by atoms with Gasteiger partial charge in [0.2, 0.25) is 0 Å². The second kappa shape index (κ2) is 17.0. The maximum atomic E-state index is 10.5. The molecule has 0 bridgehead atoms. The van der Waals surface area contributed by atoms with Crippen molar-refractivity contribution >= 4 is 10.1 Å². The minimum atomic E-state index is -4.02. The molecule has 0 aliphatic heterocycles. The number of hydrogen-bond donors (Lipinski definition) is 3. The summed E-state index contributed by atoms with van der Waals surface area (Å²) in [6.45, 7) is 3.27. The molecule has 1 aromatic rings. The molecule has 22 heavy (non-hydrogen) atoms. The van der Waals surface area contributed by atoms with E-state index in [0.717, 1.165) is 5.56 Å². The highest BCUT2D eigenvalue weighted by Gasteiger charge is 2.06. The molecule has 5 N–H and O–H groups in total. The van der Waals surface area contributed by atoms with Crippen molar-refractivity contribution in [3.05, 3.63) is 34.7 Å². The number of rotatable bonds is 1. The van der Waals surface area contributed by atoms with Gasteiger partial charge in [-0.15, -0.1) is 4.91 Å². The lowest BCUT2D eigenvalue weighted by molar-refractivity contribution is 0.312. The summed E-state index contributed by atoms with van der Waals surface area (Å²) in [5.74, 6) is 0. The summed E-state index contributed by atoms with van der Waals surface area (Å²) in [5.41, 5.74) is 0.956. The molecule has 0 aromatic heterocycles. The summed E-state index contributed by atoms with van der Waals surface area (Å²) < 4.78 is 29.6. The Kier molecular flexibility index (Phi) is 21.7. The van der Waals surface area contributed by atoms with Gasteiger partial charge in [-0.05, 0) is 40.2 Å². The Morgan fingerprint density at radius 3 is 1.59 bits per heavy atom. The largest absolute Gasteiger partial charge is 0.379 e. The predicted molar refractivity (Wildman–Crippen MR) is 84.5 cm³/mol. The molecular weight excluding hydrogens is 312 g/mol. The van der Waals surface area contributed by atoms with E-state index in [-0.39, 0.29) is 11.0 Å². The van der Waals surface area contributed by atoms with Crippen molar-refractivity contribution in [1.29, 1.82) is 5.26 Å². The van der Waals surface area contributed by atoms with E-state index in [0.29, 0.717) is 0 Å². The molecule has 0 saturated carbocycles. The number of hydrogen-bond acceptors (Lipinski definition) is 7. The van der Waals surface area contributed by atoms with Gasteiger partial charge in [0, 0.05) is 6.92 Å². The highest BCUT2D eigenvalue weighted by molar-refractivity contribution is 7.85. The fraction of sp³-hybridized carbons (Fsp3) is 0.417. The van der Waals surface area contributed by atoms with Crippen LogP contribution in [0.4, 0.5) is 0 Å². The second-order valence-electron chi connectivity index (χ2n) is 3.94. The lowest BCUT2D eigenvalue weighted by atomic mass is 10.2. The normalized spacial score (nSPS) is 8.27. The second-order valence-corrected chi connectivity index (χ2v) is 5.36. The summed E-state index contributed by atoms with van der Waals surface area (Å²) >= 11 is 0. The minimum absolute atomic E-state index is 0. The van der Waals surface area contributed by atoms with E-state index in [2.05, 4.69) is 0 Å². The first kappa shape index (κ1) is 28.2. The summed E-state index contributed by atoms with van der Waals surface area (Å²) in [6, 6.07) is 7.74. The lowest BCUT2D eigenvalue weighted by Crippen LogP contribution is -1.99. The van der Waals surface area contributed by atoms with E-state index >= 15 is 0 Å². The Morgan fingerprint density at radius 1 is 1.18 bits per heavy atom. The van der Waals surface area contributed by atoms with Gasteiger partial charge in [0.05, 0.1) is 11.0 Å². The average molecular weight is 336 g/mol. The molecule has 0 spiro atoms. The van der Waals surface area contributed by atoms with Crippen LogP contribution in [-0.4, -0.2) is 44.2 Å². The van der Waals surface area contributed by atoms with E-state index in [1.807, 2.05) is 33.0 Å². The smallest absolute Gasteiger partial charge is 0.294 e. The van der Waals surface area contributed by atoms with Gasteiger partial charge in [0.15, 0.2) is 5.34 Å². The van der Waals surface area contributed by atoms with Crippen molar-refractivity contribution in [2.45, 2.75) is 18.7 Å². The van der Waals surface area contributed by atoms with Gasteiger partial charge in [-0.1, -0.05) is 17.7 Å². The van der Waals surface area contributed by atoms with Crippen LogP contribution in [0.3, 0.4) is 0 Å². The quantitative estimate of drug-likeness (QED) is 0.398. The van der Waals surface area contributed by atoms with Crippen LogP contribution in [0.1, 0.15) is 12.5 Å². The van der Waals surface area contributed by atoms with Crippen molar-refractivity contribution in [1.82, 2.24) is 11.1 Å². The van der Waals surface area contributed by atoms with E-state index in [1.54, 1.807) is 18.2 Å². The van der Waals surface area contributed by atoms with Crippen LogP contribution in [0.15, 0.2) is 34.5 Å². The first-order chi connectivity index (χ1) is 9.56. The van der Waals surface area contributed by atoms with Crippen molar-refractivity contribution in [3.63, 3.8) is 0 Å². The average Bonchev–Trinajstić information content (AvgIpc) is 2.29. The van der Waals surface area contributed by atoms with Gasteiger partial charge in [0.25, 0.3) is 10.1 Å². The van der Waals surface area contributed by atoms with Crippen LogP contribution in [0.25, 0.3) is 0 Å². The molecule has 0 unspecified atom stereocenters. The molecule has 1 aromatic carbocycles. The monoisotopic (exact) mass is 336 g/mol. The van der Waals surface area contributed by atoms with Gasteiger partial charge < -0.3 is 16.3 Å². The molecule has 9 nitrogen and oxygen atoms in total. The van der Waals surface area contributed by atoms with Crippen molar-refractivity contribution < 1.29 is 18.2 Å². The summed E-state index contributed by atoms with van der Waals surface area (Å²) in [4.78, 5) is 10.0. The van der Waals surface area contributed by atoms with Crippen molar-refractivity contribution in [3.8, 4) is 6.07 Å². The Balaban J connectivity index is -0.000000124. The van der Waals surface area contributed by atoms with E-state index < -0.39 is 10.1 Å². The van der Waals surface area contributed by atoms with Gasteiger partial charge in [-0.25, -0.2) is 0 Å². The Hall–Kier alpha value is -2.06. The number of nitriles is 1. The van der Waals surface area contributed by atoms with Crippen LogP contribution in [0.5, 0.6) is 0 Å². The zero-order chi connectivity index (χ0) is 17.5. The molecule has 0 amide bonds. The highest BCUT2D eigenvalue weighted by atomic mass is 32.2. The zero-order valence-corrected chi connectivity index (χ0v) is 14.2. The Bertz CT molecular complexity index is 507. The third-order valence-electron chi connectivity index (χ3n) is 1.32. The first-order valence-corrected chi connectivity index (χ1v) is 6.93. The minimum Gasteiger partial charge on any atom is -0.379 e. The molecule has 128 valence electrons. The maximum absolute atomic E-state index is 10.5. The summed E-state index contributed by atoms with van der Waals surface area (Å²) in [6.07, 6.45) is 0. The SMILES string of the molecule is CC#N.CN(C)C.Cc1ccc(S(=O)(=O)O)cc1.N.O=NO. The number of aryl methyl sites for hydroxylation is 1. The molecule has 0 saturated heterocycles. The third kappa shape index (κ3) is 26.5. The number of nitrogens with zero attached hydrogens (tertiary/aromatic N) is 3. The van der Waals surface area contributed by atoms with Gasteiger partial charge in [-0.3, -0.25) is 4.55 Å². The molecule has 0 heterocycles.